The van der Waals surface area contributed by atoms with E-state index in [1.165, 1.54) is 24.1 Å². The lowest BCUT2D eigenvalue weighted by Crippen LogP contribution is -2.42. The van der Waals surface area contributed by atoms with E-state index >= 15 is 0 Å². The van der Waals surface area contributed by atoms with Crippen molar-refractivity contribution in [2.24, 2.45) is 7.05 Å². The molecule has 1 amide bonds. The number of benzene rings is 2. The van der Waals surface area contributed by atoms with Gasteiger partial charge in [-0.2, -0.15) is 13.5 Å². The molecule has 2 N–H and O–H groups in total. The lowest BCUT2D eigenvalue weighted by atomic mass is 9.95. The number of imidazole rings is 1. The van der Waals surface area contributed by atoms with Crippen molar-refractivity contribution in [3.63, 3.8) is 0 Å². The summed E-state index contributed by atoms with van der Waals surface area (Å²) in [6, 6.07) is 15.8. The number of fused-ring (bicyclic) bond motifs is 2. The topological polar surface area (TPSA) is 106 Å². The fraction of sp³-hybridized carbons (Fsp3) is 0.355. The largest absolute Gasteiger partial charge is 0.494 e. The second-order valence-electron chi connectivity index (χ2n) is 9.84. The molecule has 8 nitrogen and oxygen atoms in total. The van der Waals surface area contributed by atoms with Crippen LogP contribution in [-0.4, -0.2) is 44.2 Å². The number of aromatic nitrogens is 3. The van der Waals surface area contributed by atoms with Crippen molar-refractivity contribution in [3.05, 3.63) is 89.0 Å². The molecule has 9 heteroatoms. The molecule has 0 saturated carbocycles. The number of ether oxygens (including phenoxy) is 1. The molecule has 0 unspecified atom stereocenters. The maximum Gasteiger partial charge on any atom is 0.326 e. The number of rotatable bonds is 10. The molecule has 2 aromatic heterocycles. The first-order valence-corrected chi connectivity index (χ1v) is 13.1. The Bertz CT molecular complexity index is 1450. The number of hydrogen-bond acceptors (Lipinski definition) is 5. The summed E-state index contributed by atoms with van der Waals surface area (Å²) < 4.78 is 7.70. The number of aliphatic carboxylic acids is 1. The Balaban J connectivity index is 0.00000220. The number of hydrogen-bond donors (Lipinski definition) is 2. The molecule has 212 valence electrons. The normalized spacial score (nSPS) is 12.9. The maximum absolute atomic E-state index is 12.8. The zero-order valence-corrected chi connectivity index (χ0v) is 23.0. The average Bonchev–Trinajstić information content (AvgIpc) is 3.31. The number of aryl methyl sites for hydroxylation is 4. The standard InChI is InChI=1S/C30H32N4O4.CH4.H2S/c1-34-19-31-26-15-11-22(18-28(26)34)29(35)33-27(30(36)37)17-20-8-13-24(14-9-20)38-16-4-6-23-12-10-21-5-2-3-7-25(21)32-23;;/h8-15,18-19,27H,2-7,16-17H2,1H3,(H,33,35)(H,36,37);1H4;1H2/t27-;;/m0../s1. The Morgan fingerprint density at radius 3 is 2.62 bits per heavy atom. The van der Waals surface area contributed by atoms with Crippen molar-refractivity contribution in [2.75, 3.05) is 6.61 Å². The molecule has 2 heterocycles. The molecule has 4 aromatic rings. The van der Waals surface area contributed by atoms with Gasteiger partial charge in [0.1, 0.15) is 11.8 Å². The van der Waals surface area contributed by atoms with E-state index in [9.17, 15) is 14.7 Å². The number of nitrogens with one attached hydrogen (secondary N) is 1. The van der Waals surface area contributed by atoms with Gasteiger partial charge in [-0.15, -0.1) is 0 Å². The summed E-state index contributed by atoms with van der Waals surface area (Å²) in [6.07, 6.45) is 8.29. The van der Waals surface area contributed by atoms with Crippen LogP contribution in [-0.2, 0) is 37.5 Å². The van der Waals surface area contributed by atoms with Gasteiger partial charge >= 0.3 is 5.97 Å². The third-order valence-corrected chi connectivity index (χ3v) is 7.04. The molecular weight excluding hydrogens is 524 g/mol. The van der Waals surface area contributed by atoms with E-state index in [0.717, 1.165) is 53.7 Å². The first-order valence-electron chi connectivity index (χ1n) is 13.1. The van der Waals surface area contributed by atoms with E-state index in [4.69, 9.17) is 9.72 Å². The summed E-state index contributed by atoms with van der Waals surface area (Å²) in [6.45, 7) is 0.576. The minimum absolute atomic E-state index is 0. The highest BCUT2D eigenvalue weighted by Gasteiger charge is 2.22. The fourth-order valence-electron chi connectivity index (χ4n) is 4.88. The van der Waals surface area contributed by atoms with Crippen LogP contribution in [0, 0.1) is 0 Å². The van der Waals surface area contributed by atoms with Gasteiger partial charge in [-0.3, -0.25) is 9.78 Å². The fourth-order valence-corrected chi connectivity index (χ4v) is 4.88. The molecule has 0 saturated heterocycles. The van der Waals surface area contributed by atoms with Crippen molar-refractivity contribution >= 4 is 36.4 Å². The lowest BCUT2D eigenvalue weighted by Gasteiger charge is -2.16. The lowest BCUT2D eigenvalue weighted by molar-refractivity contribution is -0.139. The number of carboxylic acid groups (broad SMARTS) is 1. The number of pyridine rings is 1. The van der Waals surface area contributed by atoms with Crippen molar-refractivity contribution in [1.82, 2.24) is 19.9 Å². The van der Waals surface area contributed by atoms with Gasteiger partial charge in [0.05, 0.1) is 24.0 Å². The van der Waals surface area contributed by atoms with Crippen LogP contribution in [0.25, 0.3) is 11.0 Å². The van der Waals surface area contributed by atoms with Crippen LogP contribution >= 0.6 is 13.5 Å². The summed E-state index contributed by atoms with van der Waals surface area (Å²) in [7, 11) is 1.84. The molecule has 1 atom stereocenters. The van der Waals surface area contributed by atoms with Gasteiger partial charge in [0.15, 0.2) is 0 Å². The second kappa shape index (κ2) is 14.0. The molecule has 1 aliphatic carbocycles. The maximum atomic E-state index is 12.8. The van der Waals surface area contributed by atoms with Gasteiger partial charge in [0.25, 0.3) is 5.91 Å². The Kier molecular flexibility index (Phi) is 10.7. The molecule has 5 rings (SSSR count). The molecular formula is C31H38N4O4S. The molecule has 0 bridgehead atoms. The average molecular weight is 563 g/mol. The van der Waals surface area contributed by atoms with Crippen molar-refractivity contribution in [2.45, 2.75) is 58.4 Å². The first kappa shape index (κ1) is 30.7. The number of amides is 1. The molecule has 0 radical (unpaired) electrons. The minimum Gasteiger partial charge on any atom is -0.494 e. The Labute approximate surface area is 242 Å². The van der Waals surface area contributed by atoms with Crippen LogP contribution in [0.15, 0.2) is 60.9 Å². The second-order valence-corrected chi connectivity index (χ2v) is 9.84. The van der Waals surface area contributed by atoms with E-state index in [-0.39, 0.29) is 27.3 Å². The molecule has 1 aliphatic rings. The zero-order valence-electron chi connectivity index (χ0n) is 22.0. The number of nitrogens with zero attached hydrogens (tertiary/aromatic N) is 3. The monoisotopic (exact) mass is 562 g/mol. The molecule has 40 heavy (non-hydrogen) atoms. The molecule has 0 aliphatic heterocycles. The van der Waals surface area contributed by atoms with Gasteiger partial charge in [-0.25, -0.2) is 9.78 Å². The first-order chi connectivity index (χ1) is 18.5. The Morgan fingerprint density at radius 1 is 1.07 bits per heavy atom. The molecule has 0 fully saturated rings. The summed E-state index contributed by atoms with van der Waals surface area (Å²) in [5, 5.41) is 12.4. The highest BCUT2D eigenvalue weighted by atomic mass is 32.1. The van der Waals surface area contributed by atoms with Gasteiger partial charge in [-0.05, 0) is 86.1 Å². The van der Waals surface area contributed by atoms with Crippen molar-refractivity contribution < 1.29 is 19.4 Å². The highest BCUT2D eigenvalue weighted by Crippen LogP contribution is 2.20. The summed E-state index contributed by atoms with van der Waals surface area (Å²) >= 11 is 0. The highest BCUT2D eigenvalue weighted by molar-refractivity contribution is 7.59. The van der Waals surface area contributed by atoms with Crippen molar-refractivity contribution in [1.29, 1.82) is 0 Å². The van der Waals surface area contributed by atoms with E-state index in [1.807, 2.05) is 35.9 Å². The predicted molar refractivity (Wildman–Crippen MR) is 162 cm³/mol. The third-order valence-electron chi connectivity index (χ3n) is 7.04. The quantitative estimate of drug-likeness (QED) is 0.263. The summed E-state index contributed by atoms with van der Waals surface area (Å²) in [5.74, 6) is -0.794. The van der Waals surface area contributed by atoms with Crippen LogP contribution in [0.4, 0.5) is 0 Å². The Morgan fingerprint density at radius 2 is 1.85 bits per heavy atom. The third kappa shape index (κ3) is 7.41. The van der Waals surface area contributed by atoms with Crippen LogP contribution in [0.2, 0.25) is 0 Å². The van der Waals surface area contributed by atoms with Gasteiger partial charge in [0.2, 0.25) is 0 Å². The smallest absolute Gasteiger partial charge is 0.326 e. The van der Waals surface area contributed by atoms with Gasteiger partial charge in [0, 0.05) is 30.4 Å². The summed E-state index contributed by atoms with van der Waals surface area (Å²) in [5.41, 5.74) is 6.54. The van der Waals surface area contributed by atoms with Gasteiger partial charge in [-0.1, -0.05) is 25.6 Å². The SMILES string of the molecule is C.Cn1cnc2ccc(C(=O)N[C@@H](Cc3ccc(OCCCc4ccc5c(n4)CCCC5)cc3)C(=O)O)cc21.S. The number of carbonyl (C=O) groups excluding carboxylic acids is 1. The van der Waals surface area contributed by atoms with Crippen LogP contribution < -0.4 is 10.1 Å². The van der Waals surface area contributed by atoms with Crippen molar-refractivity contribution in [3.8, 4) is 5.75 Å². The summed E-state index contributed by atoms with van der Waals surface area (Å²) in [4.78, 5) is 33.7. The van der Waals surface area contributed by atoms with E-state index in [1.54, 1.807) is 24.5 Å². The van der Waals surface area contributed by atoms with Crippen LogP contribution in [0.1, 0.15) is 59.6 Å². The molecule has 2 aromatic carbocycles. The van der Waals surface area contributed by atoms with Gasteiger partial charge < -0.3 is 19.7 Å². The zero-order chi connectivity index (χ0) is 26.5. The predicted octanol–water partition coefficient (Wildman–Crippen LogP) is 5.03. The van der Waals surface area contributed by atoms with E-state index in [2.05, 4.69) is 22.4 Å². The van der Waals surface area contributed by atoms with E-state index in [0.29, 0.717) is 12.2 Å². The van der Waals surface area contributed by atoms with E-state index < -0.39 is 17.9 Å². The van der Waals surface area contributed by atoms with Crippen LogP contribution in [0.3, 0.4) is 0 Å². The Hall–Kier alpha value is -3.85. The van der Waals surface area contributed by atoms with Crippen LogP contribution in [0.5, 0.6) is 5.75 Å². The minimum atomic E-state index is -1.09. The number of carbonyl (C=O) groups is 2. The molecule has 0 spiro atoms. The number of carboxylic acids is 1.